The number of likely N-dealkylation sites (N-methyl/N-ethyl adjacent to an activating group) is 1. The summed E-state index contributed by atoms with van der Waals surface area (Å²) in [6.45, 7) is 2.95. The van der Waals surface area contributed by atoms with E-state index in [-0.39, 0.29) is 18.4 Å². The van der Waals surface area contributed by atoms with Crippen molar-refractivity contribution in [1.29, 1.82) is 0 Å². The van der Waals surface area contributed by atoms with Gasteiger partial charge in [0, 0.05) is 22.4 Å². The quantitative estimate of drug-likeness (QED) is 0.791. The van der Waals surface area contributed by atoms with E-state index in [0.29, 0.717) is 13.1 Å². The highest BCUT2D eigenvalue weighted by Gasteiger charge is 2.13. The van der Waals surface area contributed by atoms with Gasteiger partial charge in [-0.2, -0.15) is 0 Å². The Morgan fingerprint density at radius 1 is 1.23 bits per heavy atom. The molecular weight excluding hydrogens is 316 g/mol. The van der Waals surface area contributed by atoms with Crippen molar-refractivity contribution >= 4 is 40.6 Å². The van der Waals surface area contributed by atoms with Gasteiger partial charge in [-0.05, 0) is 35.9 Å². The van der Waals surface area contributed by atoms with Crippen LogP contribution in [0.2, 0.25) is 0 Å². The van der Waals surface area contributed by atoms with Crippen LogP contribution >= 0.6 is 22.7 Å². The Hall–Kier alpha value is -1.92. The number of carbonyl (C=O) groups is 2. The number of rotatable bonds is 7. The van der Waals surface area contributed by atoms with Crippen molar-refractivity contribution in [2.75, 3.05) is 13.1 Å². The van der Waals surface area contributed by atoms with E-state index in [4.69, 9.17) is 0 Å². The standard InChI is InChI=1S/C16H18N2O2S2/c1-2-18(16(20)8-7-13-5-3-9-21-13)12-15(19)17-11-14-6-4-10-22-14/h3-10H,2,11-12H2,1H3,(H,17,19)/b8-7+. The second kappa shape index (κ2) is 8.51. The van der Waals surface area contributed by atoms with E-state index in [2.05, 4.69) is 5.32 Å². The molecule has 0 aliphatic carbocycles. The second-order valence-corrected chi connectivity index (χ2v) is 6.57. The Bertz CT molecular complexity index is 619. The largest absolute Gasteiger partial charge is 0.350 e. The van der Waals surface area contributed by atoms with E-state index >= 15 is 0 Å². The molecule has 0 aliphatic rings. The number of carbonyl (C=O) groups excluding carboxylic acids is 2. The van der Waals surface area contributed by atoms with Gasteiger partial charge in [0.05, 0.1) is 13.1 Å². The van der Waals surface area contributed by atoms with Crippen molar-refractivity contribution in [1.82, 2.24) is 10.2 Å². The Morgan fingerprint density at radius 3 is 2.64 bits per heavy atom. The molecule has 0 bridgehead atoms. The molecule has 0 radical (unpaired) electrons. The van der Waals surface area contributed by atoms with Crippen LogP contribution in [0.1, 0.15) is 16.7 Å². The first-order valence-corrected chi connectivity index (χ1v) is 8.74. The van der Waals surface area contributed by atoms with Gasteiger partial charge in [-0.25, -0.2) is 0 Å². The van der Waals surface area contributed by atoms with Crippen LogP contribution in [0.5, 0.6) is 0 Å². The maximum absolute atomic E-state index is 12.1. The van der Waals surface area contributed by atoms with Crippen molar-refractivity contribution in [2.24, 2.45) is 0 Å². The van der Waals surface area contributed by atoms with E-state index in [1.165, 1.54) is 11.0 Å². The third-order valence-electron chi connectivity index (χ3n) is 3.00. The summed E-state index contributed by atoms with van der Waals surface area (Å²) in [5, 5.41) is 6.76. The van der Waals surface area contributed by atoms with Crippen LogP contribution in [0, 0.1) is 0 Å². The highest BCUT2D eigenvalue weighted by Crippen LogP contribution is 2.10. The summed E-state index contributed by atoms with van der Waals surface area (Å²) in [4.78, 5) is 27.7. The molecule has 2 heterocycles. The number of nitrogens with one attached hydrogen (secondary N) is 1. The molecule has 22 heavy (non-hydrogen) atoms. The lowest BCUT2D eigenvalue weighted by atomic mass is 10.3. The van der Waals surface area contributed by atoms with Crippen molar-refractivity contribution in [3.8, 4) is 0 Å². The zero-order valence-electron chi connectivity index (χ0n) is 12.3. The Morgan fingerprint density at radius 2 is 2.00 bits per heavy atom. The van der Waals surface area contributed by atoms with E-state index in [9.17, 15) is 9.59 Å². The lowest BCUT2D eigenvalue weighted by Gasteiger charge is -2.18. The predicted octanol–water partition coefficient (Wildman–Crippen LogP) is 2.99. The molecule has 0 aliphatic heterocycles. The first-order valence-electron chi connectivity index (χ1n) is 6.98. The number of hydrogen-bond donors (Lipinski definition) is 1. The number of nitrogens with zero attached hydrogens (tertiary/aromatic N) is 1. The van der Waals surface area contributed by atoms with E-state index < -0.39 is 0 Å². The van der Waals surface area contributed by atoms with E-state index in [1.54, 1.807) is 28.7 Å². The van der Waals surface area contributed by atoms with Gasteiger partial charge in [-0.3, -0.25) is 9.59 Å². The number of thiophene rings is 2. The van der Waals surface area contributed by atoms with Gasteiger partial charge in [0.2, 0.25) is 11.8 Å². The van der Waals surface area contributed by atoms with Crippen molar-refractivity contribution in [3.63, 3.8) is 0 Å². The Labute approximate surface area is 138 Å². The molecule has 0 spiro atoms. The fourth-order valence-corrected chi connectivity index (χ4v) is 3.08. The predicted molar refractivity (Wildman–Crippen MR) is 91.8 cm³/mol. The molecule has 2 rings (SSSR count). The third-order valence-corrected chi connectivity index (χ3v) is 4.72. The minimum absolute atomic E-state index is 0.0789. The van der Waals surface area contributed by atoms with Crippen LogP contribution in [0.15, 0.2) is 41.1 Å². The molecule has 6 heteroatoms. The average Bonchev–Trinajstić information content (AvgIpc) is 3.21. The van der Waals surface area contributed by atoms with Crippen molar-refractivity contribution < 1.29 is 9.59 Å². The van der Waals surface area contributed by atoms with E-state index in [0.717, 1.165) is 9.75 Å². The molecule has 0 unspecified atom stereocenters. The average molecular weight is 334 g/mol. The smallest absolute Gasteiger partial charge is 0.247 e. The van der Waals surface area contributed by atoms with Crippen LogP contribution in [-0.2, 0) is 16.1 Å². The van der Waals surface area contributed by atoms with Gasteiger partial charge in [-0.1, -0.05) is 12.1 Å². The highest BCUT2D eigenvalue weighted by molar-refractivity contribution is 7.10. The molecular formula is C16H18N2O2S2. The molecule has 1 N–H and O–H groups in total. The fraction of sp³-hybridized carbons (Fsp3) is 0.250. The normalized spacial score (nSPS) is 10.8. The van der Waals surface area contributed by atoms with Gasteiger partial charge in [-0.15, -0.1) is 22.7 Å². The van der Waals surface area contributed by atoms with Gasteiger partial charge in [0.15, 0.2) is 0 Å². The maximum atomic E-state index is 12.1. The fourth-order valence-electron chi connectivity index (χ4n) is 1.82. The maximum Gasteiger partial charge on any atom is 0.247 e. The highest BCUT2D eigenvalue weighted by atomic mass is 32.1. The van der Waals surface area contributed by atoms with Crippen LogP contribution in [-0.4, -0.2) is 29.8 Å². The van der Waals surface area contributed by atoms with Crippen molar-refractivity contribution in [3.05, 3.63) is 50.9 Å². The summed E-state index contributed by atoms with van der Waals surface area (Å²) in [5.74, 6) is -0.296. The van der Waals surface area contributed by atoms with Crippen LogP contribution in [0.25, 0.3) is 6.08 Å². The summed E-state index contributed by atoms with van der Waals surface area (Å²) in [7, 11) is 0. The number of hydrogen-bond acceptors (Lipinski definition) is 4. The molecule has 0 aromatic carbocycles. The van der Waals surface area contributed by atoms with Gasteiger partial charge < -0.3 is 10.2 Å². The summed E-state index contributed by atoms with van der Waals surface area (Å²) in [5.41, 5.74) is 0. The monoisotopic (exact) mass is 334 g/mol. The topological polar surface area (TPSA) is 49.4 Å². The zero-order chi connectivity index (χ0) is 15.8. The minimum atomic E-state index is -0.151. The Balaban J connectivity index is 1.82. The SMILES string of the molecule is CCN(CC(=O)NCc1cccs1)C(=O)/C=C/c1cccs1. The summed E-state index contributed by atoms with van der Waals surface area (Å²) < 4.78 is 0. The second-order valence-electron chi connectivity index (χ2n) is 4.56. The molecule has 2 amide bonds. The molecule has 116 valence electrons. The van der Waals surface area contributed by atoms with Crippen LogP contribution < -0.4 is 5.32 Å². The lowest BCUT2D eigenvalue weighted by Crippen LogP contribution is -2.39. The molecule has 2 aromatic rings. The molecule has 0 saturated heterocycles. The third kappa shape index (κ3) is 5.13. The molecule has 0 fully saturated rings. The number of amides is 2. The summed E-state index contributed by atoms with van der Waals surface area (Å²) in [6.07, 6.45) is 3.29. The summed E-state index contributed by atoms with van der Waals surface area (Å²) >= 11 is 3.17. The van der Waals surface area contributed by atoms with Gasteiger partial charge in [0.25, 0.3) is 0 Å². The molecule has 2 aromatic heterocycles. The summed E-state index contributed by atoms with van der Waals surface area (Å²) in [6, 6.07) is 7.80. The zero-order valence-corrected chi connectivity index (χ0v) is 14.0. The molecule has 0 atom stereocenters. The van der Waals surface area contributed by atoms with E-state index in [1.807, 2.05) is 41.9 Å². The minimum Gasteiger partial charge on any atom is -0.350 e. The first-order chi connectivity index (χ1) is 10.7. The first kappa shape index (κ1) is 16.5. The molecule has 4 nitrogen and oxygen atoms in total. The lowest BCUT2D eigenvalue weighted by molar-refractivity contribution is -0.132. The van der Waals surface area contributed by atoms with Crippen LogP contribution in [0.3, 0.4) is 0 Å². The van der Waals surface area contributed by atoms with Gasteiger partial charge in [0.1, 0.15) is 0 Å². The van der Waals surface area contributed by atoms with Crippen LogP contribution in [0.4, 0.5) is 0 Å². The molecule has 0 saturated carbocycles. The Kier molecular flexibility index (Phi) is 6.36. The van der Waals surface area contributed by atoms with Crippen molar-refractivity contribution in [2.45, 2.75) is 13.5 Å². The van der Waals surface area contributed by atoms with Gasteiger partial charge >= 0.3 is 0 Å².